The Morgan fingerprint density at radius 1 is 0.867 bits per heavy atom. The van der Waals surface area contributed by atoms with Crippen molar-refractivity contribution in [2.45, 2.75) is 10.5 Å². The average molecular weight is 534 g/mol. The fourth-order valence-corrected chi connectivity index (χ4v) is 43.6. The van der Waals surface area contributed by atoms with Crippen molar-refractivity contribution in [2.24, 2.45) is 0 Å². The van der Waals surface area contributed by atoms with E-state index in [0.717, 1.165) is 10.5 Å². The Labute approximate surface area is 133 Å². The molecule has 2 fully saturated rings. The van der Waals surface area contributed by atoms with Crippen molar-refractivity contribution >= 4 is 96.5 Å². The summed E-state index contributed by atoms with van der Waals surface area (Å²) >= 11 is 4.09. The summed E-state index contributed by atoms with van der Waals surface area (Å²) in [5.74, 6) is 5.80. The molecule has 0 aromatic heterocycles. The van der Waals surface area contributed by atoms with Crippen LogP contribution in [0.4, 0.5) is 0 Å². The fourth-order valence-electron chi connectivity index (χ4n) is 0.846. The van der Waals surface area contributed by atoms with Gasteiger partial charge >= 0.3 is 135 Å². The van der Waals surface area contributed by atoms with Crippen LogP contribution in [-0.4, -0.2) is 76.2 Å². The molecular formula is C7H14S6Sb2. The summed E-state index contributed by atoms with van der Waals surface area (Å²) < 4.78 is 0. The van der Waals surface area contributed by atoms with Crippen molar-refractivity contribution in [2.75, 3.05) is 28.1 Å². The molecule has 88 valence electrons. The summed E-state index contributed by atoms with van der Waals surface area (Å²) in [6, 6.07) is 0. The van der Waals surface area contributed by atoms with Crippen molar-refractivity contribution in [1.82, 2.24) is 0 Å². The molecule has 0 aliphatic carbocycles. The molecule has 0 unspecified atom stereocenters. The first-order valence-electron chi connectivity index (χ1n) is 4.65. The van der Waals surface area contributed by atoms with E-state index in [2.05, 4.69) is 58.9 Å². The van der Waals surface area contributed by atoms with E-state index in [1.807, 2.05) is 0 Å². The van der Waals surface area contributed by atoms with Crippen LogP contribution in [0.1, 0.15) is 0 Å². The predicted molar refractivity (Wildman–Crippen MR) is 91.8 cm³/mol. The van der Waals surface area contributed by atoms with Gasteiger partial charge in [0.2, 0.25) is 0 Å². The summed E-state index contributed by atoms with van der Waals surface area (Å²) in [5, 5.41) is 3.58. The summed E-state index contributed by atoms with van der Waals surface area (Å²) in [6.45, 7) is 0. The summed E-state index contributed by atoms with van der Waals surface area (Å²) in [7, 11) is 9.34. The third-order valence-corrected chi connectivity index (χ3v) is 32.0. The van der Waals surface area contributed by atoms with Gasteiger partial charge in [-0.3, -0.25) is 0 Å². The maximum atomic E-state index is 2.35. The minimum absolute atomic E-state index is 0.0805. The zero-order valence-electron chi connectivity index (χ0n) is 8.14. The standard InChI is InChI=1S/2C3H6S2.CH4S2.2Sb.2H/c2*4-3-1-5-2-3;2-1-3;;;;/h2*3-4H,1-2H2;2-3H,1H2;;;;/q;;;2*+2;;/p-4. The van der Waals surface area contributed by atoms with E-state index in [-0.39, 0.29) is 37.6 Å². The van der Waals surface area contributed by atoms with Crippen LogP contribution in [0.5, 0.6) is 0 Å². The van der Waals surface area contributed by atoms with E-state index in [1.165, 1.54) is 28.1 Å². The number of rotatable bonds is 8. The van der Waals surface area contributed by atoms with E-state index in [1.54, 1.807) is 0 Å². The number of thioether (sulfide) groups is 2. The van der Waals surface area contributed by atoms with E-state index < -0.39 is 0 Å². The third kappa shape index (κ3) is 6.63. The van der Waals surface area contributed by atoms with E-state index in [0.29, 0.717) is 0 Å². The van der Waals surface area contributed by atoms with Crippen LogP contribution in [0.15, 0.2) is 0 Å². The molecule has 0 radical (unpaired) electrons. The molecule has 2 aliphatic heterocycles. The molecule has 2 rings (SSSR count). The zero-order valence-corrected chi connectivity index (χ0v) is 18.7. The third-order valence-electron chi connectivity index (χ3n) is 1.88. The van der Waals surface area contributed by atoms with Gasteiger partial charge in [0.1, 0.15) is 0 Å². The van der Waals surface area contributed by atoms with Crippen molar-refractivity contribution < 1.29 is 0 Å². The maximum absolute atomic E-state index is 2.35. The zero-order chi connectivity index (χ0) is 10.3. The monoisotopic (exact) mass is 532 g/mol. The van der Waals surface area contributed by atoms with Crippen LogP contribution >= 0.6 is 58.9 Å². The van der Waals surface area contributed by atoms with Crippen LogP contribution in [0.3, 0.4) is 0 Å². The molecular weight excluding hydrogens is 520 g/mol. The Balaban J connectivity index is 1.29. The second kappa shape index (κ2) is 9.61. The molecule has 0 aromatic carbocycles. The second-order valence-electron chi connectivity index (χ2n) is 3.13. The van der Waals surface area contributed by atoms with Gasteiger partial charge < -0.3 is 0 Å². The van der Waals surface area contributed by atoms with Gasteiger partial charge in [0.25, 0.3) is 0 Å². The van der Waals surface area contributed by atoms with Gasteiger partial charge in [0.05, 0.1) is 0 Å². The molecule has 0 atom stereocenters. The quantitative estimate of drug-likeness (QED) is 0.265. The Morgan fingerprint density at radius 3 is 1.67 bits per heavy atom. The molecule has 2 aliphatic rings. The van der Waals surface area contributed by atoms with Gasteiger partial charge in [0, 0.05) is 0 Å². The SMILES string of the molecule is C([S][SbH][S]C1CSC1)[S][SbH][S]C1CSC1. The Kier molecular flexibility index (Phi) is 9.69. The van der Waals surface area contributed by atoms with Crippen molar-refractivity contribution in [3.8, 4) is 0 Å². The molecule has 0 amide bonds. The van der Waals surface area contributed by atoms with Crippen molar-refractivity contribution in [1.29, 1.82) is 0 Å². The first kappa shape index (κ1) is 15.1. The molecule has 15 heavy (non-hydrogen) atoms. The fraction of sp³-hybridized carbons (Fsp3) is 1.00. The van der Waals surface area contributed by atoms with E-state index in [9.17, 15) is 0 Å². The summed E-state index contributed by atoms with van der Waals surface area (Å²) in [4.78, 5) is 0. The molecule has 0 saturated carbocycles. The Bertz CT molecular complexity index is 157. The Morgan fingerprint density at radius 2 is 1.33 bits per heavy atom. The van der Waals surface area contributed by atoms with Gasteiger partial charge in [-0.15, -0.1) is 0 Å². The van der Waals surface area contributed by atoms with Crippen LogP contribution in [-0.2, 0) is 0 Å². The first-order valence-corrected chi connectivity index (χ1v) is 24.7. The van der Waals surface area contributed by atoms with E-state index >= 15 is 0 Å². The molecule has 0 aromatic rings. The van der Waals surface area contributed by atoms with Gasteiger partial charge in [-0.05, 0) is 0 Å². The van der Waals surface area contributed by atoms with Crippen molar-refractivity contribution in [3.63, 3.8) is 0 Å². The molecule has 0 bridgehead atoms. The molecule has 0 nitrogen and oxygen atoms in total. The van der Waals surface area contributed by atoms with Gasteiger partial charge in [-0.1, -0.05) is 0 Å². The first-order chi connectivity index (χ1) is 7.45. The molecule has 8 heteroatoms. The summed E-state index contributed by atoms with van der Waals surface area (Å²) in [5.41, 5.74) is 0. The molecule has 2 heterocycles. The topological polar surface area (TPSA) is 0 Å². The average Bonchev–Trinajstić information content (AvgIpc) is 2.09. The number of hydrogen-bond acceptors (Lipinski definition) is 6. The van der Waals surface area contributed by atoms with Gasteiger partial charge in [0.15, 0.2) is 0 Å². The molecule has 0 spiro atoms. The minimum atomic E-state index is -0.0805. The molecule has 0 N–H and O–H groups in total. The van der Waals surface area contributed by atoms with Crippen LogP contribution in [0.25, 0.3) is 0 Å². The van der Waals surface area contributed by atoms with Gasteiger partial charge in [-0.2, -0.15) is 0 Å². The predicted octanol–water partition coefficient (Wildman–Crippen LogP) is 2.64. The van der Waals surface area contributed by atoms with E-state index in [4.69, 9.17) is 0 Å². The van der Waals surface area contributed by atoms with Crippen molar-refractivity contribution in [3.05, 3.63) is 0 Å². The number of hydrogen-bond donors (Lipinski definition) is 0. The van der Waals surface area contributed by atoms with Crippen LogP contribution in [0.2, 0.25) is 0 Å². The summed E-state index contributed by atoms with van der Waals surface area (Å²) in [6.07, 6.45) is 0. The molecule has 2 saturated heterocycles. The van der Waals surface area contributed by atoms with Crippen LogP contribution < -0.4 is 0 Å². The Hall–Kier alpha value is 3.74. The normalized spacial score (nSPS) is 22.4. The van der Waals surface area contributed by atoms with Gasteiger partial charge in [-0.25, -0.2) is 0 Å². The second-order valence-corrected chi connectivity index (χ2v) is 27.5. The van der Waals surface area contributed by atoms with Crippen LogP contribution in [0, 0.1) is 0 Å².